The minimum absolute atomic E-state index is 0.121. The van der Waals surface area contributed by atoms with E-state index in [0.717, 1.165) is 24.1 Å². The first-order valence-corrected chi connectivity index (χ1v) is 12.1. The van der Waals surface area contributed by atoms with Crippen molar-refractivity contribution in [1.29, 1.82) is 0 Å². The van der Waals surface area contributed by atoms with Gasteiger partial charge in [0, 0.05) is 50.4 Å². The number of hydrogen-bond acceptors (Lipinski definition) is 4. The number of piperidine rings is 1. The maximum atomic E-state index is 12.9. The van der Waals surface area contributed by atoms with Gasteiger partial charge in [-0.25, -0.2) is 8.42 Å². The smallest absolute Gasteiger partial charge is 0.253 e. The normalized spacial score (nSPS) is 18.3. The van der Waals surface area contributed by atoms with Crippen LogP contribution >= 0.6 is 0 Å². The van der Waals surface area contributed by atoms with Crippen LogP contribution in [0.4, 0.5) is 5.69 Å². The zero-order chi connectivity index (χ0) is 22.0. The fourth-order valence-electron chi connectivity index (χ4n) is 4.04. The molecule has 2 fully saturated rings. The zero-order valence-electron chi connectivity index (χ0n) is 17.7. The largest absolute Gasteiger partial charge is 0.336 e. The Morgan fingerprint density at radius 2 is 1.48 bits per heavy atom. The molecule has 0 unspecified atom stereocenters. The van der Waals surface area contributed by atoms with Gasteiger partial charge in [-0.05, 0) is 56.2 Å². The molecule has 2 aromatic rings. The van der Waals surface area contributed by atoms with Gasteiger partial charge in [0.2, 0.25) is 15.9 Å². The van der Waals surface area contributed by atoms with Crippen molar-refractivity contribution in [2.24, 2.45) is 0 Å². The average Bonchev–Trinajstić information content (AvgIpc) is 2.79. The van der Waals surface area contributed by atoms with Gasteiger partial charge in [0.15, 0.2) is 0 Å². The third-order valence-corrected chi connectivity index (χ3v) is 7.85. The van der Waals surface area contributed by atoms with E-state index in [-0.39, 0.29) is 29.8 Å². The SMILES string of the molecule is Cc1ccc(S(=O)(=O)N2CCN(C(=O)c3ccc(N4CCCCC4=O)cc3)CC2)cc1. The van der Waals surface area contributed by atoms with E-state index in [2.05, 4.69) is 0 Å². The van der Waals surface area contributed by atoms with Crippen LogP contribution in [0, 0.1) is 6.92 Å². The number of amides is 2. The summed E-state index contributed by atoms with van der Waals surface area (Å²) in [6, 6.07) is 13.9. The second kappa shape index (κ2) is 8.80. The van der Waals surface area contributed by atoms with E-state index in [4.69, 9.17) is 0 Å². The topological polar surface area (TPSA) is 78.0 Å². The molecular formula is C23H27N3O4S. The van der Waals surface area contributed by atoms with Crippen LogP contribution < -0.4 is 4.90 Å². The molecule has 0 bridgehead atoms. The lowest BCUT2D eigenvalue weighted by molar-refractivity contribution is -0.119. The summed E-state index contributed by atoms with van der Waals surface area (Å²) in [7, 11) is -3.56. The van der Waals surface area contributed by atoms with Crippen molar-refractivity contribution in [3.63, 3.8) is 0 Å². The number of sulfonamides is 1. The Balaban J connectivity index is 1.39. The Morgan fingerprint density at radius 1 is 0.839 bits per heavy atom. The molecule has 2 aromatic carbocycles. The number of carbonyl (C=O) groups is 2. The van der Waals surface area contributed by atoms with Gasteiger partial charge in [-0.15, -0.1) is 0 Å². The molecule has 0 atom stereocenters. The molecule has 2 amide bonds. The summed E-state index contributed by atoms with van der Waals surface area (Å²) < 4.78 is 27.1. The summed E-state index contributed by atoms with van der Waals surface area (Å²) in [5, 5.41) is 0. The van der Waals surface area contributed by atoms with E-state index >= 15 is 0 Å². The molecule has 31 heavy (non-hydrogen) atoms. The number of nitrogens with zero attached hydrogens (tertiary/aromatic N) is 3. The molecule has 2 aliphatic rings. The van der Waals surface area contributed by atoms with E-state index in [9.17, 15) is 18.0 Å². The Kier molecular flexibility index (Phi) is 6.11. The molecular weight excluding hydrogens is 414 g/mol. The fraction of sp³-hybridized carbons (Fsp3) is 0.391. The van der Waals surface area contributed by atoms with Crippen LogP contribution in [0.1, 0.15) is 35.2 Å². The Morgan fingerprint density at radius 3 is 2.10 bits per heavy atom. The first-order chi connectivity index (χ1) is 14.9. The minimum Gasteiger partial charge on any atom is -0.336 e. The maximum Gasteiger partial charge on any atom is 0.253 e. The van der Waals surface area contributed by atoms with Crippen LogP contribution in [0.15, 0.2) is 53.4 Å². The van der Waals surface area contributed by atoms with Crippen molar-refractivity contribution >= 4 is 27.5 Å². The number of benzene rings is 2. The van der Waals surface area contributed by atoms with Crippen LogP contribution in [0.3, 0.4) is 0 Å². The molecule has 0 spiro atoms. The third-order valence-electron chi connectivity index (χ3n) is 5.93. The van der Waals surface area contributed by atoms with E-state index in [1.807, 2.05) is 19.1 Å². The highest BCUT2D eigenvalue weighted by molar-refractivity contribution is 7.89. The van der Waals surface area contributed by atoms with E-state index in [0.29, 0.717) is 31.6 Å². The van der Waals surface area contributed by atoms with Gasteiger partial charge in [0.25, 0.3) is 5.91 Å². The van der Waals surface area contributed by atoms with Crippen molar-refractivity contribution < 1.29 is 18.0 Å². The van der Waals surface area contributed by atoms with Gasteiger partial charge in [-0.2, -0.15) is 4.31 Å². The highest BCUT2D eigenvalue weighted by Gasteiger charge is 2.30. The predicted octanol–water partition coefficient (Wildman–Crippen LogP) is 2.66. The van der Waals surface area contributed by atoms with E-state index in [1.165, 1.54) is 4.31 Å². The van der Waals surface area contributed by atoms with Gasteiger partial charge in [0.05, 0.1) is 4.90 Å². The van der Waals surface area contributed by atoms with Crippen molar-refractivity contribution in [2.75, 3.05) is 37.6 Å². The highest BCUT2D eigenvalue weighted by atomic mass is 32.2. The van der Waals surface area contributed by atoms with Crippen molar-refractivity contribution in [3.05, 3.63) is 59.7 Å². The van der Waals surface area contributed by atoms with Crippen LogP contribution in [0.5, 0.6) is 0 Å². The summed E-state index contributed by atoms with van der Waals surface area (Å²) in [5.41, 5.74) is 2.36. The summed E-state index contributed by atoms with van der Waals surface area (Å²) in [6.07, 6.45) is 2.48. The number of anilines is 1. The van der Waals surface area contributed by atoms with Crippen molar-refractivity contribution in [1.82, 2.24) is 9.21 Å². The molecule has 0 saturated carbocycles. The lowest BCUT2D eigenvalue weighted by Crippen LogP contribution is -2.50. The van der Waals surface area contributed by atoms with Gasteiger partial charge >= 0.3 is 0 Å². The summed E-state index contributed by atoms with van der Waals surface area (Å²) in [5.74, 6) is 0.000129. The molecule has 0 aliphatic carbocycles. The second-order valence-corrected chi connectivity index (χ2v) is 10.00. The van der Waals surface area contributed by atoms with Crippen LogP contribution in [0.25, 0.3) is 0 Å². The van der Waals surface area contributed by atoms with Crippen LogP contribution in [-0.4, -0.2) is 62.2 Å². The first kappa shape index (κ1) is 21.5. The average molecular weight is 442 g/mol. The highest BCUT2D eigenvalue weighted by Crippen LogP contribution is 2.23. The minimum atomic E-state index is -3.56. The molecule has 7 nitrogen and oxygen atoms in total. The van der Waals surface area contributed by atoms with Gasteiger partial charge in [-0.3, -0.25) is 9.59 Å². The van der Waals surface area contributed by atoms with Gasteiger partial charge in [-0.1, -0.05) is 17.7 Å². The first-order valence-electron chi connectivity index (χ1n) is 10.6. The fourth-order valence-corrected chi connectivity index (χ4v) is 5.46. The molecule has 2 saturated heterocycles. The standard InChI is InChI=1S/C23H27N3O4S/c1-18-5-11-21(12-6-18)31(29,30)25-16-14-24(15-17-25)23(28)19-7-9-20(10-8-19)26-13-3-2-4-22(26)27/h5-12H,2-4,13-17H2,1H3. The molecule has 0 radical (unpaired) electrons. The molecule has 2 aliphatic heterocycles. The number of carbonyl (C=O) groups excluding carboxylic acids is 2. The van der Waals surface area contributed by atoms with Gasteiger partial charge in [0.1, 0.15) is 0 Å². The van der Waals surface area contributed by atoms with Crippen LogP contribution in [-0.2, 0) is 14.8 Å². The van der Waals surface area contributed by atoms with Crippen molar-refractivity contribution in [3.8, 4) is 0 Å². The number of hydrogen-bond donors (Lipinski definition) is 0. The van der Waals surface area contributed by atoms with Crippen molar-refractivity contribution in [2.45, 2.75) is 31.1 Å². The quantitative estimate of drug-likeness (QED) is 0.731. The number of piperazine rings is 1. The lowest BCUT2D eigenvalue weighted by Gasteiger charge is -2.34. The molecule has 8 heteroatoms. The van der Waals surface area contributed by atoms with Crippen LogP contribution in [0.2, 0.25) is 0 Å². The van der Waals surface area contributed by atoms with E-state index in [1.54, 1.807) is 46.2 Å². The van der Waals surface area contributed by atoms with E-state index < -0.39 is 10.0 Å². The molecule has 2 heterocycles. The molecule has 4 rings (SSSR count). The molecule has 164 valence electrons. The second-order valence-electron chi connectivity index (χ2n) is 8.06. The monoisotopic (exact) mass is 441 g/mol. The number of rotatable bonds is 4. The third kappa shape index (κ3) is 4.50. The Bertz CT molecular complexity index is 1060. The molecule has 0 N–H and O–H groups in total. The Hall–Kier alpha value is -2.71. The maximum absolute atomic E-state index is 12.9. The summed E-state index contributed by atoms with van der Waals surface area (Å²) in [6.45, 7) is 3.85. The summed E-state index contributed by atoms with van der Waals surface area (Å²) >= 11 is 0. The summed E-state index contributed by atoms with van der Waals surface area (Å²) in [4.78, 5) is 28.7. The number of aryl methyl sites for hydroxylation is 1. The Labute approximate surface area is 183 Å². The van der Waals surface area contributed by atoms with Gasteiger partial charge < -0.3 is 9.80 Å². The molecule has 0 aromatic heterocycles. The predicted molar refractivity (Wildman–Crippen MR) is 118 cm³/mol. The lowest BCUT2D eigenvalue weighted by atomic mass is 10.1. The zero-order valence-corrected chi connectivity index (χ0v) is 18.5.